The molecule has 3 N–H and O–H groups in total. The average molecular weight is 315 g/mol. The predicted molar refractivity (Wildman–Crippen MR) is 89.7 cm³/mol. The Hall–Kier alpha value is -1.69. The number of hydrogen-bond donors (Lipinski definition) is 2. The molecule has 1 aromatic carbocycles. The van der Waals surface area contributed by atoms with Crippen LogP contribution in [0.5, 0.6) is 0 Å². The van der Waals surface area contributed by atoms with Crippen LogP contribution >= 0.6 is 11.3 Å². The third-order valence-corrected chi connectivity index (χ3v) is 5.16. The third kappa shape index (κ3) is 3.38. The van der Waals surface area contributed by atoms with Gasteiger partial charge < -0.3 is 11.1 Å². The van der Waals surface area contributed by atoms with E-state index in [9.17, 15) is 4.79 Å². The molecule has 1 aliphatic heterocycles. The van der Waals surface area contributed by atoms with Gasteiger partial charge in [0.1, 0.15) is 0 Å². The summed E-state index contributed by atoms with van der Waals surface area (Å²) in [6.45, 7) is 2.60. The predicted octanol–water partition coefficient (Wildman–Crippen LogP) is 1.92. The van der Waals surface area contributed by atoms with Crippen LogP contribution in [-0.2, 0) is 17.8 Å². The van der Waals surface area contributed by atoms with Gasteiger partial charge in [-0.2, -0.15) is 0 Å². The van der Waals surface area contributed by atoms with Gasteiger partial charge in [0.05, 0.1) is 12.6 Å². The second kappa shape index (κ2) is 7.05. The lowest BCUT2D eigenvalue weighted by atomic mass is 10.0. The summed E-state index contributed by atoms with van der Waals surface area (Å²) in [7, 11) is 0. The van der Waals surface area contributed by atoms with E-state index in [1.165, 1.54) is 16.0 Å². The molecule has 4 nitrogen and oxygen atoms in total. The first kappa shape index (κ1) is 15.2. The Labute approximate surface area is 134 Å². The number of hydrogen-bond acceptors (Lipinski definition) is 4. The topological polar surface area (TPSA) is 58.4 Å². The summed E-state index contributed by atoms with van der Waals surface area (Å²) in [6, 6.07) is 12.8. The van der Waals surface area contributed by atoms with Crippen molar-refractivity contribution >= 4 is 17.2 Å². The van der Waals surface area contributed by atoms with Crippen molar-refractivity contribution in [3.8, 4) is 0 Å². The largest absolute Gasteiger partial charge is 0.353 e. The molecule has 0 fully saturated rings. The zero-order valence-electron chi connectivity index (χ0n) is 12.5. The van der Waals surface area contributed by atoms with Gasteiger partial charge in [-0.25, -0.2) is 0 Å². The van der Waals surface area contributed by atoms with Gasteiger partial charge in [0.15, 0.2) is 0 Å². The van der Waals surface area contributed by atoms with E-state index in [2.05, 4.69) is 33.8 Å². The number of rotatable bonds is 5. The molecule has 3 rings (SSSR count). The van der Waals surface area contributed by atoms with Crippen molar-refractivity contribution in [3.63, 3.8) is 0 Å². The van der Waals surface area contributed by atoms with Crippen LogP contribution in [0.25, 0.3) is 0 Å². The Kier molecular flexibility index (Phi) is 4.87. The minimum Gasteiger partial charge on any atom is -0.353 e. The van der Waals surface area contributed by atoms with E-state index in [4.69, 9.17) is 5.73 Å². The number of thiophene rings is 1. The van der Waals surface area contributed by atoms with Gasteiger partial charge in [-0.05, 0) is 29.0 Å². The minimum absolute atomic E-state index is 0.0379. The molecule has 0 saturated heterocycles. The highest BCUT2D eigenvalue weighted by Gasteiger charge is 2.25. The summed E-state index contributed by atoms with van der Waals surface area (Å²) in [5.41, 5.74) is 8.05. The lowest BCUT2D eigenvalue weighted by Crippen LogP contribution is -2.41. The molecular formula is C17H21N3OS. The number of fused-ring (bicyclic) bond motifs is 1. The van der Waals surface area contributed by atoms with Crippen molar-refractivity contribution in [2.75, 3.05) is 19.6 Å². The fourth-order valence-electron chi connectivity index (χ4n) is 2.95. The van der Waals surface area contributed by atoms with Crippen LogP contribution in [0, 0.1) is 0 Å². The standard InChI is InChI=1S/C17H21N3OS/c18-10-17(21)19-11-15(13-4-2-1-3-5-13)20-8-6-16-14(12-20)7-9-22-16/h1-5,7,9,15H,6,8,10-12,18H2,(H,19,21). The Morgan fingerprint density at radius 3 is 2.91 bits per heavy atom. The van der Waals surface area contributed by atoms with E-state index in [1.54, 1.807) is 0 Å². The van der Waals surface area contributed by atoms with Crippen LogP contribution in [0.3, 0.4) is 0 Å². The molecular weight excluding hydrogens is 294 g/mol. The van der Waals surface area contributed by atoms with Gasteiger partial charge >= 0.3 is 0 Å². The van der Waals surface area contributed by atoms with E-state index in [-0.39, 0.29) is 18.5 Å². The van der Waals surface area contributed by atoms with Crippen LogP contribution < -0.4 is 11.1 Å². The average Bonchev–Trinajstić information content (AvgIpc) is 3.03. The maximum Gasteiger partial charge on any atom is 0.233 e. The summed E-state index contributed by atoms with van der Waals surface area (Å²) < 4.78 is 0. The zero-order chi connectivity index (χ0) is 15.4. The lowest BCUT2D eigenvalue weighted by molar-refractivity contribution is -0.120. The smallest absolute Gasteiger partial charge is 0.233 e. The van der Waals surface area contributed by atoms with E-state index < -0.39 is 0 Å². The Morgan fingerprint density at radius 2 is 2.14 bits per heavy atom. The molecule has 2 heterocycles. The summed E-state index contributed by atoms with van der Waals surface area (Å²) in [5, 5.41) is 5.11. The molecule has 0 saturated carbocycles. The molecule has 1 unspecified atom stereocenters. The molecule has 1 amide bonds. The zero-order valence-corrected chi connectivity index (χ0v) is 13.3. The SMILES string of the molecule is NCC(=O)NCC(c1ccccc1)N1CCc2sccc2C1. The maximum atomic E-state index is 11.5. The second-order valence-electron chi connectivity index (χ2n) is 5.52. The van der Waals surface area contributed by atoms with Crippen molar-refractivity contribution < 1.29 is 4.79 Å². The van der Waals surface area contributed by atoms with Gasteiger partial charge in [-0.3, -0.25) is 9.69 Å². The Morgan fingerprint density at radius 1 is 1.32 bits per heavy atom. The maximum absolute atomic E-state index is 11.5. The van der Waals surface area contributed by atoms with E-state index in [0.717, 1.165) is 19.5 Å². The van der Waals surface area contributed by atoms with E-state index >= 15 is 0 Å². The number of carbonyl (C=O) groups excluding carboxylic acids is 1. The van der Waals surface area contributed by atoms with Crippen LogP contribution in [0.1, 0.15) is 22.0 Å². The van der Waals surface area contributed by atoms with Crippen LogP contribution in [0.4, 0.5) is 0 Å². The molecule has 0 aliphatic carbocycles. The molecule has 0 spiro atoms. The van der Waals surface area contributed by atoms with Crippen LogP contribution in [-0.4, -0.2) is 30.4 Å². The van der Waals surface area contributed by atoms with Crippen molar-refractivity contribution in [1.82, 2.24) is 10.2 Å². The number of nitrogens with zero attached hydrogens (tertiary/aromatic N) is 1. The number of nitrogens with two attached hydrogens (primary N) is 1. The Bertz CT molecular complexity index is 626. The first-order chi connectivity index (χ1) is 10.8. The van der Waals surface area contributed by atoms with E-state index in [1.807, 2.05) is 29.5 Å². The molecule has 1 aromatic heterocycles. The monoisotopic (exact) mass is 315 g/mol. The van der Waals surface area contributed by atoms with Crippen LogP contribution in [0.15, 0.2) is 41.8 Å². The molecule has 0 bridgehead atoms. The highest BCUT2D eigenvalue weighted by molar-refractivity contribution is 7.10. The van der Waals surface area contributed by atoms with E-state index in [0.29, 0.717) is 6.54 Å². The molecule has 2 aromatic rings. The summed E-state index contributed by atoms with van der Waals surface area (Å²) in [5.74, 6) is -0.103. The third-order valence-electron chi connectivity index (χ3n) is 4.14. The number of amides is 1. The van der Waals surface area contributed by atoms with Crippen molar-refractivity contribution in [2.24, 2.45) is 5.73 Å². The first-order valence-electron chi connectivity index (χ1n) is 7.59. The highest BCUT2D eigenvalue weighted by Crippen LogP contribution is 2.30. The second-order valence-corrected chi connectivity index (χ2v) is 6.52. The molecule has 0 radical (unpaired) electrons. The minimum atomic E-state index is -0.103. The van der Waals surface area contributed by atoms with Crippen molar-refractivity contribution in [2.45, 2.75) is 19.0 Å². The Balaban J connectivity index is 1.78. The fourth-order valence-corrected chi connectivity index (χ4v) is 3.84. The normalized spacial score (nSPS) is 16.0. The molecule has 5 heteroatoms. The van der Waals surface area contributed by atoms with Crippen molar-refractivity contribution in [3.05, 3.63) is 57.8 Å². The summed E-state index contributed by atoms with van der Waals surface area (Å²) in [6.07, 6.45) is 1.08. The van der Waals surface area contributed by atoms with Gasteiger partial charge in [0, 0.05) is 24.5 Å². The van der Waals surface area contributed by atoms with Crippen LogP contribution in [0.2, 0.25) is 0 Å². The number of carbonyl (C=O) groups is 1. The van der Waals surface area contributed by atoms with Gasteiger partial charge in [0.2, 0.25) is 5.91 Å². The summed E-state index contributed by atoms with van der Waals surface area (Å²) in [4.78, 5) is 15.5. The quantitative estimate of drug-likeness (QED) is 0.886. The lowest BCUT2D eigenvalue weighted by Gasteiger charge is -2.35. The fraction of sp³-hybridized carbons (Fsp3) is 0.353. The van der Waals surface area contributed by atoms with Gasteiger partial charge in [-0.1, -0.05) is 30.3 Å². The number of benzene rings is 1. The summed E-state index contributed by atoms with van der Waals surface area (Å²) >= 11 is 1.84. The van der Waals surface area contributed by atoms with Gasteiger partial charge in [-0.15, -0.1) is 11.3 Å². The molecule has 1 aliphatic rings. The molecule has 22 heavy (non-hydrogen) atoms. The molecule has 116 valence electrons. The van der Waals surface area contributed by atoms with Gasteiger partial charge in [0.25, 0.3) is 0 Å². The van der Waals surface area contributed by atoms with Crippen molar-refractivity contribution in [1.29, 1.82) is 0 Å². The highest BCUT2D eigenvalue weighted by atomic mass is 32.1. The molecule has 1 atom stereocenters. The number of nitrogens with one attached hydrogen (secondary N) is 1. The first-order valence-corrected chi connectivity index (χ1v) is 8.47.